The second kappa shape index (κ2) is 9.24. The highest BCUT2D eigenvalue weighted by Gasteiger charge is 2.25. The second-order valence-corrected chi connectivity index (χ2v) is 12.0. The van der Waals surface area contributed by atoms with E-state index in [1.54, 1.807) is 6.07 Å². The lowest BCUT2D eigenvalue weighted by molar-refractivity contribution is -0.525. The van der Waals surface area contributed by atoms with Gasteiger partial charge >= 0.3 is 0 Å². The zero-order valence-electron chi connectivity index (χ0n) is 20.3. The third-order valence-electron chi connectivity index (χ3n) is 6.66. The van der Waals surface area contributed by atoms with Crippen LogP contribution in [0.4, 0.5) is 11.4 Å². The predicted molar refractivity (Wildman–Crippen MR) is 149 cm³/mol. The number of fused-ring (bicyclic) bond motifs is 4. The first-order valence-corrected chi connectivity index (χ1v) is 14.9. The van der Waals surface area contributed by atoms with Gasteiger partial charge in [-0.05, 0) is 48.9 Å². The van der Waals surface area contributed by atoms with E-state index < -0.39 is 20.2 Å². The monoisotopic (exact) mass is 560 g/mol. The van der Waals surface area contributed by atoms with Crippen molar-refractivity contribution in [2.75, 3.05) is 5.32 Å². The van der Waals surface area contributed by atoms with Gasteiger partial charge in [0.15, 0.2) is 5.70 Å². The molecule has 0 fully saturated rings. The summed E-state index contributed by atoms with van der Waals surface area (Å²) >= 11 is 0. The average Bonchev–Trinajstić information content (AvgIpc) is 2.91. The molecule has 0 saturated carbocycles. The van der Waals surface area contributed by atoms with Gasteiger partial charge in [0, 0.05) is 41.1 Å². The third-order valence-corrected chi connectivity index (χ3v) is 8.38. The van der Waals surface area contributed by atoms with Gasteiger partial charge in [0.1, 0.15) is 11.0 Å². The minimum Gasteiger partial charge on any atom is -0.355 e. The van der Waals surface area contributed by atoms with Crippen molar-refractivity contribution in [1.82, 2.24) is 4.98 Å². The van der Waals surface area contributed by atoms with Crippen LogP contribution in [0.3, 0.4) is 0 Å². The maximum absolute atomic E-state index is 12.0. The number of anilines is 2. The summed E-state index contributed by atoms with van der Waals surface area (Å²) in [6.45, 7) is 0. The first kappa shape index (κ1) is 25.1. The minimum atomic E-state index is -4.48. The van der Waals surface area contributed by atoms with Crippen LogP contribution in [0.25, 0.3) is 38.5 Å². The van der Waals surface area contributed by atoms with Crippen molar-refractivity contribution in [3.8, 4) is 0 Å². The number of allylic oxidation sites excluding steroid dienone is 4. The molecule has 5 aromatic rings. The number of aromatic nitrogens is 2. The van der Waals surface area contributed by atoms with Crippen LogP contribution in [0, 0.1) is 0 Å². The van der Waals surface area contributed by atoms with Crippen LogP contribution in [0.5, 0.6) is 0 Å². The van der Waals surface area contributed by atoms with Gasteiger partial charge in [0.2, 0.25) is 11.0 Å². The fraction of sp³-hybridized carbons (Fsp3) is 0.0714. The van der Waals surface area contributed by atoms with Crippen LogP contribution in [0.2, 0.25) is 0 Å². The van der Waals surface area contributed by atoms with Gasteiger partial charge in [-0.25, -0.2) is 4.98 Å². The minimum absolute atomic E-state index is 0.254. The third kappa shape index (κ3) is 4.66. The lowest BCUT2D eigenvalue weighted by Gasteiger charge is -2.15. The standard InChI is InChI=1S/C28H21N3O6S2/c32-38(33,34)20-12-10-18(11-13-20)29-25-17-27-28(22-15-14-21(16-23(22)25)39(35,36)37)30-24-8-4-5-9-26(24)31(27)19-6-2-1-3-7-19/h1-2,4-6,8-17H,3,7H2,(H2,32,33,34,35,36,37)/p+1. The molecule has 0 bridgehead atoms. The summed E-state index contributed by atoms with van der Waals surface area (Å²) in [6.07, 6.45) is 7.87. The largest absolute Gasteiger partial charge is 0.355 e. The van der Waals surface area contributed by atoms with Crippen molar-refractivity contribution in [3.05, 3.63) is 91.0 Å². The molecule has 9 nitrogen and oxygen atoms in total. The Hall–Kier alpha value is -4.16. The Balaban J connectivity index is 1.68. The smallest absolute Gasteiger partial charge is 0.294 e. The normalized spacial score (nSPS) is 14.2. The highest BCUT2D eigenvalue weighted by atomic mass is 32.2. The molecule has 39 heavy (non-hydrogen) atoms. The van der Waals surface area contributed by atoms with Gasteiger partial charge in [0.05, 0.1) is 15.5 Å². The summed E-state index contributed by atoms with van der Waals surface area (Å²) in [5.41, 5.74) is 5.18. The van der Waals surface area contributed by atoms with Crippen LogP contribution in [0.15, 0.2) is 101 Å². The van der Waals surface area contributed by atoms with E-state index in [2.05, 4.69) is 22.0 Å². The summed E-state index contributed by atoms with van der Waals surface area (Å²) in [5, 5.41) is 4.39. The molecule has 6 rings (SSSR count). The lowest BCUT2D eigenvalue weighted by Crippen LogP contribution is -2.35. The van der Waals surface area contributed by atoms with Crippen LogP contribution < -0.4 is 9.88 Å². The zero-order valence-corrected chi connectivity index (χ0v) is 21.9. The second-order valence-electron chi connectivity index (χ2n) is 9.16. The Morgan fingerprint density at radius 2 is 1.51 bits per heavy atom. The molecule has 4 aromatic carbocycles. The van der Waals surface area contributed by atoms with Crippen molar-refractivity contribution in [2.45, 2.75) is 22.6 Å². The summed E-state index contributed by atoms with van der Waals surface area (Å²) in [7, 11) is -8.85. The summed E-state index contributed by atoms with van der Waals surface area (Å²) in [4.78, 5) is 4.42. The van der Waals surface area contributed by atoms with Gasteiger partial charge in [0.25, 0.3) is 20.2 Å². The highest BCUT2D eigenvalue weighted by Crippen LogP contribution is 2.35. The molecule has 0 amide bonds. The van der Waals surface area contributed by atoms with E-state index in [1.807, 2.05) is 36.4 Å². The topological polar surface area (TPSA) is 138 Å². The molecular weight excluding hydrogens is 538 g/mol. The molecule has 1 aromatic heterocycles. The molecule has 0 unspecified atom stereocenters. The Bertz CT molecular complexity index is 2090. The molecule has 196 valence electrons. The van der Waals surface area contributed by atoms with Crippen molar-refractivity contribution < 1.29 is 30.5 Å². The van der Waals surface area contributed by atoms with E-state index in [0.29, 0.717) is 27.7 Å². The molecule has 0 radical (unpaired) electrons. The van der Waals surface area contributed by atoms with E-state index in [1.165, 1.54) is 36.4 Å². The van der Waals surface area contributed by atoms with Crippen molar-refractivity contribution in [3.63, 3.8) is 0 Å². The van der Waals surface area contributed by atoms with Gasteiger partial charge in [-0.1, -0.05) is 30.4 Å². The van der Waals surface area contributed by atoms with Crippen LogP contribution >= 0.6 is 0 Å². The van der Waals surface area contributed by atoms with E-state index in [-0.39, 0.29) is 9.79 Å². The number of benzene rings is 4. The van der Waals surface area contributed by atoms with E-state index in [0.717, 1.165) is 35.1 Å². The van der Waals surface area contributed by atoms with Crippen molar-refractivity contribution in [2.24, 2.45) is 0 Å². The van der Waals surface area contributed by atoms with Gasteiger partial charge in [-0.3, -0.25) is 9.11 Å². The first-order chi connectivity index (χ1) is 18.6. The molecule has 11 heteroatoms. The first-order valence-electron chi connectivity index (χ1n) is 12.0. The van der Waals surface area contributed by atoms with Crippen molar-refractivity contribution >= 4 is 70.1 Å². The maximum Gasteiger partial charge on any atom is 0.294 e. The Morgan fingerprint density at radius 3 is 2.21 bits per heavy atom. The van der Waals surface area contributed by atoms with E-state index in [4.69, 9.17) is 4.98 Å². The number of nitrogens with zero attached hydrogens (tertiary/aromatic N) is 2. The summed E-state index contributed by atoms with van der Waals surface area (Å²) < 4.78 is 68.2. The van der Waals surface area contributed by atoms with E-state index in [9.17, 15) is 25.9 Å². The fourth-order valence-corrected chi connectivity index (χ4v) is 5.86. The summed E-state index contributed by atoms with van der Waals surface area (Å²) in [5.74, 6) is 0. The highest BCUT2D eigenvalue weighted by molar-refractivity contribution is 7.86. The number of hydrogen-bond donors (Lipinski definition) is 3. The van der Waals surface area contributed by atoms with Crippen LogP contribution in [0.1, 0.15) is 12.8 Å². The molecule has 1 aliphatic rings. The Labute approximate surface area is 224 Å². The molecular formula is C28H22N3O6S2+. The van der Waals surface area contributed by atoms with Gasteiger partial charge < -0.3 is 5.32 Å². The van der Waals surface area contributed by atoms with Gasteiger partial charge in [-0.15, -0.1) is 0 Å². The molecule has 0 aliphatic heterocycles. The number of rotatable bonds is 5. The Morgan fingerprint density at radius 1 is 0.795 bits per heavy atom. The van der Waals surface area contributed by atoms with Gasteiger partial charge in [-0.2, -0.15) is 21.4 Å². The predicted octanol–water partition coefficient (Wildman–Crippen LogP) is 5.26. The van der Waals surface area contributed by atoms with Crippen LogP contribution in [-0.2, 0) is 20.2 Å². The number of hydrogen-bond acceptors (Lipinski definition) is 6. The number of nitrogens with one attached hydrogen (secondary N) is 1. The molecule has 3 N–H and O–H groups in total. The molecule has 0 spiro atoms. The van der Waals surface area contributed by atoms with E-state index >= 15 is 0 Å². The quantitative estimate of drug-likeness (QED) is 0.115. The Kier molecular flexibility index (Phi) is 5.96. The van der Waals surface area contributed by atoms with Crippen molar-refractivity contribution in [1.29, 1.82) is 0 Å². The molecule has 0 atom stereocenters. The number of para-hydroxylation sites is 2. The molecule has 1 aliphatic carbocycles. The maximum atomic E-state index is 12.0. The van der Waals surface area contributed by atoms with Crippen LogP contribution in [-0.4, -0.2) is 30.9 Å². The molecule has 1 heterocycles. The zero-order chi connectivity index (χ0) is 27.4. The lowest BCUT2D eigenvalue weighted by atomic mass is 10.0. The SMILES string of the molecule is O=S(=O)(O)c1ccc(Nc2cc3c(nc4ccccc4[n+]3C3=CC=CCC3)c3ccc(S(=O)(=O)O)cc23)cc1. The molecule has 0 saturated heterocycles. The fourth-order valence-electron chi connectivity index (χ4n) is 4.87. The summed E-state index contributed by atoms with van der Waals surface area (Å²) in [6, 6.07) is 19.5. The average molecular weight is 561 g/mol.